The van der Waals surface area contributed by atoms with Gasteiger partial charge in [0, 0.05) is 16.6 Å². The minimum Gasteiger partial charge on any atom is -0.481 e. The van der Waals surface area contributed by atoms with Crippen molar-refractivity contribution in [3.05, 3.63) is 35.0 Å². The zero-order valence-corrected chi connectivity index (χ0v) is 10.8. The van der Waals surface area contributed by atoms with E-state index in [1.54, 1.807) is 0 Å². The quantitative estimate of drug-likeness (QED) is 0.866. The van der Waals surface area contributed by atoms with Gasteiger partial charge in [-0.25, -0.2) is 0 Å². The highest BCUT2D eigenvalue weighted by molar-refractivity contribution is 5.89. The van der Waals surface area contributed by atoms with Crippen LogP contribution in [0.15, 0.2) is 18.2 Å². The molecule has 0 radical (unpaired) electrons. The van der Waals surface area contributed by atoms with E-state index in [9.17, 15) is 9.90 Å². The fraction of sp³-hybridized carbons (Fsp3) is 0.438. The molecule has 0 unspecified atom stereocenters. The highest BCUT2D eigenvalue weighted by atomic mass is 16.4. The number of aromatic nitrogens is 1. The van der Waals surface area contributed by atoms with Gasteiger partial charge in [-0.3, -0.25) is 4.79 Å². The molecule has 1 saturated carbocycles. The lowest BCUT2D eigenvalue weighted by atomic mass is 9.64. The topological polar surface area (TPSA) is 53.1 Å². The maximum absolute atomic E-state index is 11.6. The number of aryl methyl sites for hydroxylation is 2. The van der Waals surface area contributed by atoms with E-state index in [1.807, 2.05) is 6.07 Å². The molecule has 2 aliphatic rings. The van der Waals surface area contributed by atoms with E-state index in [4.69, 9.17) is 0 Å². The molecule has 0 amide bonds. The Kier molecular flexibility index (Phi) is 2.12. The third kappa shape index (κ3) is 1.36. The van der Waals surface area contributed by atoms with Crippen molar-refractivity contribution >= 4 is 16.9 Å². The van der Waals surface area contributed by atoms with Crippen LogP contribution in [0, 0.1) is 0 Å². The van der Waals surface area contributed by atoms with E-state index in [1.165, 1.54) is 23.1 Å². The summed E-state index contributed by atoms with van der Waals surface area (Å²) in [4.78, 5) is 15.1. The van der Waals surface area contributed by atoms with Crippen LogP contribution >= 0.6 is 0 Å². The molecular formula is C16H17NO2. The molecule has 4 rings (SSSR count). The number of carbonyl (C=O) groups is 1. The molecule has 1 aromatic heterocycles. The van der Waals surface area contributed by atoms with Crippen molar-refractivity contribution < 1.29 is 9.90 Å². The normalized spacial score (nSPS) is 20.2. The van der Waals surface area contributed by atoms with Gasteiger partial charge in [0.15, 0.2) is 0 Å². The number of aromatic amines is 1. The second kappa shape index (κ2) is 3.62. The lowest BCUT2D eigenvalue weighted by Crippen LogP contribution is -2.42. The van der Waals surface area contributed by atoms with Crippen LogP contribution in [0.4, 0.5) is 0 Å². The number of hydrogen-bond acceptors (Lipinski definition) is 1. The Balaban J connectivity index is 1.90. The van der Waals surface area contributed by atoms with Gasteiger partial charge < -0.3 is 10.1 Å². The highest BCUT2D eigenvalue weighted by Gasteiger charge is 2.46. The van der Waals surface area contributed by atoms with E-state index in [0.717, 1.165) is 43.2 Å². The molecule has 1 heterocycles. The van der Waals surface area contributed by atoms with Gasteiger partial charge in [-0.2, -0.15) is 0 Å². The van der Waals surface area contributed by atoms with Crippen molar-refractivity contribution in [1.82, 2.24) is 4.98 Å². The molecule has 1 aromatic carbocycles. The first-order valence-corrected chi connectivity index (χ1v) is 7.08. The number of hydrogen-bond donors (Lipinski definition) is 2. The Morgan fingerprint density at radius 1 is 1.21 bits per heavy atom. The zero-order chi connectivity index (χ0) is 13.0. The van der Waals surface area contributed by atoms with Crippen LogP contribution in [0.25, 0.3) is 10.9 Å². The number of aliphatic carboxylic acids is 1. The monoisotopic (exact) mass is 255 g/mol. The second-order valence-corrected chi connectivity index (χ2v) is 5.94. The molecule has 1 fully saturated rings. The summed E-state index contributed by atoms with van der Waals surface area (Å²) in [5, 5.41) is 10.8. The Labute approximate surface area is 111 Å². The summed E-state index contributed by atoms with van der Waals surface area (Å²) in [6.45, 7) is 0. The number of rotatable bonds is 2. The Morgan fingerprint density at radius 2 is 2.05 bits per heavy atom. The number of H-pyrrole nitrogens is 1. The summed E-state index contributed by atoms with van der Waals surface area (Å²) in [6, 6.07) is 6.19. The average molecular weight is 255 g/mol. The lowest BCUT2D eigenvalue weighted by molar-refractivity contribution is -0.147. The van der Waals surface area contributed by atoms with E-state index in [0.29, 0.717) is 0 Å². The molecule has 98 valence electrons. The molecule has 19 heavy (non-hydrogen) atoms. The van der Waals surface area contributed by atoms with E-state index >= 15 is 0 Å². The molecule has 2 aliphatic carbocycles. The molecule has 0 spiro atoms. The van der Waals surface area contributed by atoms with Crippen molar-refractivity contribution in [3.8, 4) is 0 Å². The first kappa shape index (κ1) is 11.1. The summed E-state index contributed by atoms with van der Waals surface area (Å²) in [5.74, 6) is -0.662. The van der Waals surface area contributed by atoms with E-state index < -0.39 is 11.4 Å². The highest BCUT2D eigenvalue weighted by Crippen LogP contribution is 2.45. The van der Waals surface area contributed by atoms with Crippen LogP contribution in [-0.2, 0) is 23.1 Å². The smallest absolute Gasteiger partial charge is 0.314 e. The summed E-state index contributed by atoms with van der Waals surface area (Å²) in [6.07, 6.45) is 6.05. The molecule has 2 aromatic rings. The molecule has 0 aliphatic heterocycles. The predicted molar refractivity (Wildman–Crippen MR) is 73.5 cm³/mol. The van der Waals surface area contributed by atoms with Gasteiger partial charge >= 0.3 is 5.97 Å². The summed E-state index contributed by atoms with van der Waals surface area (Å²) < 4.78 is 0. The molecule has 3 heteroatoms. The van der Waals surface area contributed by atoms with Gasteiger partial charge in [0.1, 0.15) is 0 Å². The number of carboxylic acid groups (broad SMARTS) is 1. The van der Waals surface area contributed by atoms with Crippen molar-refractivity contribution in [1.29, 1.82) is 0 Å². The van der Waals surface area contributed by atoms with Gasteiger partial charge in [-0.15, -0.1) is 0 Å². The van der Waals surface area contributed by atoms with Crippen LogP contribution in [0.2, 0.25) is 0 Å². The summed E-state index contributed by atoms with van der Waals surface area (Å²) >= 11 is 0. The molecule has 0 bridgehead atoms. The van der Waals surface area contributed by atoms with Crippen molar-refractivity contribution in [3.63, 3.8) is 0 Å². The third-order valence-electron chi connectivity index (χ3n) is 5.02. The number of carboxylic acids is 1. The fourth-order valence-corrected chi connectivity index (χ4v) is 3.70. The molecule has 0 saturated heterocycles. The molecule has 3 nitrogen and oxygen atoms in total. The maximum atomic E-state index is 11.6. The number of benzene rings is 1. The Morgan fingerprint density at radius 3 is 2.74 bits per heavy atom. The minimum atomic E-state index is -0.662. The fourth-order valence-electron chi connectivity index (χ4n) is 3.70. The lowest BCUT2D eigenvalue weighted by Gasteiger charge is -2.38. The predicted octanol–water partition coefficient (Wildman–Crippen LogP) is 3.16. The van der Waals surface area contributed by atoms with Crippen LogP contribution in [0.3, 0.4) is 0 Å². The summed E-state index contributed by atoms with van der Waals surface area (Å²) in [7, 11) is 0. The zero-order valence-electron chi connectivity index (χ0n) is 10.8. The number of fused-ring (bicyclic) bond motifs is 3. The maximum Gasteiger partial charge on any atom is 0.314 e. The largest absolute Gasteiger partial charge is 0.481 e. The van der Waals surface area contributed by atoms with Crippen molar-refractivity contribution in [2.24, 2.45) is 0 Å². The van der Waals surface area contributed by atoms with Gasteiger partial charge in [-0.05, 0) is 55.4 Å². The van der Waals surface area contributed by atoms with E-state index in [2.05, 4.69) is 17.1 Å². The first-order valence-electron chi connectivity index (χ1n) is 7.08. The summed E-state index contributed by atoms with van der Waals surface area (Å²) in [5.41, 5.74) is 4.30. The van der Waals surface area contributed by atoms with E-state index in [-0.39, 0.29) is 0 Å². The van der Waals surface area contributed by atoms with Crippen LogP contribution in [-0.4, -0.2) is 16.1 Å². The first-order chi connectivity index (χ1) is 9.21. The second-order valence-electron chi connectivity index (χ2n) is 5.94. The molecular weight excluding hydrogens is 238 g/mol. The van der Waals surface area contributed by atoms with Gasteiger partial charge in [-0.1, -0.05) is 12.5 Å². The average Bonchev–Trinajstić information content (AvgIpc) is 2.87. The SMILES string of the molecule is O=C(O)C1(c2ccc3[nH]c4c(c3c2)CCC4)CCC1. The minimum absolute atomic E-state index is 0.614. The van der Waals surface area contributed by atoms with Crippen molar-refractivity contribution in [2.75, 3.05) is 0 Å². The number of nitrogens with one attached hydrogen (secondary N) is 1. The van der Waals surface area contributed by atoms with Gasteiger partial charge in [0.2, 0.25) is 0 Å². The van der Waals surface area contributed by atoms with Gasteiger partial charge in [0.05, 0.1) is 5.41 Å². The van der Waals surface area contributed by atoms with Crippen LogP contribution < -0.4 is 0 Å². The van der Waals surface area contributed by atoms with Crippen LogP contribution in [0.1, 0.15) is 42.5 Å². The Bertz CT molecular complexity index is 679. The Hall–Kier alpha value is -1.77. The molecule has 0 atom stereocenters. The van der Waals surface area contributed by atoms with Gasteiger partial charge in [0.25, 0.3) is 0 Å². The standard InChI is InChI=1S/C16H17NO2/c18-15(19)16(7-2-8-16)10-5-6-14-12(9-10)11-3-1-4-13(11)17-14/h5-6,9,17H,1-4,7-8H2,(H,18,19). The van der Waals surface area contributed by atoms with Crippen LogP contribution in [0.5, 0.6) is 0 Å². The third-order valence-corrected chi connectivity index (χ3v) is 5.02. The van der Waals surface area contributed by atoms with Crippen molar-refractivity contribution in [2.45, 2.75) is 43.9 Å². The molecule has 2 N–H and O–H groups in total.